The maximum atomic E-state index is 11.8. The lowest BCUT2D eigenvalue weighted by atomic mass is 10.2. The van der Waals surface area contributed by atoms with Crippen molar-refractivity contribution >= 4 is 5.78 Å². The minimum Gasteiger partial charge on any atom is -0.504 e. The van der Waals surface area contributed by atoms with E-state index in [2.05, 4.69) is 9.97 Å². The van der Waals surface area contributed by atoms with Crippen molar-refractivity contribution in [2.45, 2.75) is 6.18 Å². The summed E-state index contributed by atoms with van der Waals surface area (Å²) in [6.45, 7) is 0. The van der Waals surface area contributed by atoms with E-state index < -0.39 is 17.7 Å². The maximum absolute atomic E-state index is 11.8. The van der Waals surface area contributed by atoms with Crippen molar-refractivity contribution < 1.29 is 23.1 Å². The minimum atomic E-state index is -4.93. The summed E-state index contributed by atoms with van der Waals surface area (Å²) in [7, 11) is 0. The van der Waals surface area contributed by atoms with E-state index in [-0.39, 0.29) is 11.8 Å². The summed E-state index contributed by atoms with van der Waals surface area (Å²) >= 11 is 0. The van der Waals surface area contributed by atoms with Crippen LogP contribution in [0.1, 0.15) is 10.5 Å². The van der Waals surface area contributed by atoms with Crippen LogP contribution in [0.4, 0.5) is 13.2 Å². The van der Waals surface area contributed by atoms with Crippen molar-refractivity contribution in [1.82, 2.24) is 9.97 Å². The van der Waals surface area contributed by atoms with Crippen molar-refractivity contribution in [2.75, 3.05) is 0 Å². The van der Waals surface area contributed by atoms with E-state index in [1.165, 1.54) is 6.20 Å². The number of allylic oxidation sites excluding steroid dienone is 2. The molecule has 0 unspecified atom stereocenters. The molecule has 0 saturated heterocycles. The molecular weight excluding hydrogens is 213 g/mol. The summed E-state index contributed by atoms with van der Waals surface area (Å²) in [6.07, 6.45) is -2.63. The van der Waals surface area contributed by atoms with E-state index in [1.807, 2.05) is 0 Å². The zero-order chi connectivity index (χ0) is 11.5. The van der Waals surface area contributed by atoms with E-state index in [9.17, 15) is 18.0 Å². The second kappa shape index (κ2) is 4.07. The second-order valence-electron chi connectivity index (χ2n) is 2.49. The lowest BCUT2D eigenvalue weighted by molar-refractivity contribution is -0.120. The van der Waals surface area contributed by atoms with Crippen LogP contribution in [0.3, 0.4) is 0 Å². The normalized spacial score (nSPS) is 12.6. The van der Waals surface area contributed by atoms with Crippen molar-refractivity contribution in [3.05, 3.63) is 36.1 Å². The molecule has 0 spiro atoms. The highest BCUT2D eigenvalue weighted by molar-refractivity contribution is 6.03. The number of nitrogens with zero attached hydrogens (tertiary/aromatic N) is 2. The van der Waals surface area contributed by atoms with Crippen molar-refractivity contribution in [2.24, 2.45) is 0 Å². The van der Waals surface area contributed by atoms with E-state index in [0.29, 0.717) is 0 Å². The molecule has 80 valence electrons. The predicted molar refractivity (Wildman–Crippen MR) is 43.1 cm³/mol. The molecule has 0 aliphatic carbocycles. The molecule has 15 heavy (non-hydrogen) atoms. The number of hydrogen-bond acceptors (Lipinski definition) is 4. The summed E-state index contributed by atoms with van der Waals surface area (Å²) in [5.74, 6) is -2.99. The fourth-order valence-electron chi connectivity index (χ4n) is 0.716. The van der Waals surface area contributed by atoms with Crippen LogP contribution < -0.4 is 0 Å². The molecule has 4 nitrogen and oxygen atoms in total. The first kappa shape index (κ1) is 11.2. The average Bonchev–Trinajstić information content (AvgIpc) is 2.17. The number of halogens is 3. The van der Waals surface area contributed by atoms with Gasteiger partial charge in [-0.05, 0) is 6.07 Å². The van der Waals surface area contributed by atoms with Gasteiger partial charge in [0.15, 0.2) is 0 Å². The number of carbonyl (C=O) groups is 1. The summed E-state index contributed by atoms with van der Waals surface area (Å²) in [5, 5.41) is 8.49. The lowest BCUT2D eigenvalue weighted by Gasteiger charge is -2.03. The molecule has 0 saturated carbocycles. The maximum Gasteiger partial charge on any atom is 0.448 e. The predicted octanol–water partition coefficient (Wildman–Crippen LogP) is 1.66. The molecule has 0 aliphatic rings. The van der Waals surface area contributed by atoms with Gasteiger partial charge in [0.2, 0.25) is 11.5 Å². The number of ketones is 1. The molecule has 1 heterocycles. The highest BCUT2D eigenvalue weighted by Crippen LogP contribution is 2.23. The Balaban J connectivity index is 2.90. The highest BCUT2D eigenvalue weighted by Gasteiger charge is 2.34. The largest absolute Gasteiger partial charge is 0.504 e. The van der Waals surface area contributed by atoms with Crippen LogP contribution in [0.25, 0.3) is 0 Å². The van der Waals surface area contributed by atoms with Gasteiger partial charge in [0, 0.05) is 12.3 Å². The topological polar surface area (TPSA) is 63.1 Å². The Bertz CT molecular complexity index is 387. The van der Waals surface area contributed by atoms with Crippen molar-refractivity contribution in [1.29, 1.82) is 0 Å². The second-order valence-corrected chi connectivity index (χ2v) is 2.49. The highest BCUT2D eigenvalue weighted by atomic mass is 19.4. The molecule has 1 aromatic heterocycles. The van der Waals surface area contributed by atoms with Gasteiger partial charge in [-0.1, -0.05) is 0 Å². The Morgan fingerprint density at radius 2 is 2.13 bits per heavy atom. The third kappa shape index (κ3) is 3.04. The van der Waals surface area contributed by atoms with E-state index in [0.717, 1.165) is 12.4 Å². The van der Waals surface area contributed by atoms with Gasteiger partial charge < -0.3 is 5.11 Å². The number of alkyl halides is 3. The number of aromatic nitrogens is 2. The minimum absolute atomic E-state index is 0.0718. The standard InChI is InChI=1S/C8H5F3N2O2/c9-8(10,11)7(15)3-6(14)5-1-2-12-4-13-5/h1-4,15H/b7-3-. The Hall–Kier alpha value is -1.92. The average molecular weight is 218 g/mol. The molecule has 1 rings (SSSR count). The molecule has 1 N–H and O–H groups in total. The van der Waals surface area contributed by atoms with Crippen molar-refractivity contribution in [3.63, 3.8) is 0 Å². The van der Waals surface area contributed by atoms with Crippen LogP contribution in [0, 0.1) is 0 Å². The van der Waals surface area contributed by atoms with Gasteiger partial charge in [-0.15, -0.1) is 0 Å². The van der Waals surface area contributed by atoms with Crippen molar-refractivity contribution in [3.8, 4) is 0 Å². The summed E-state index contributed by atoms with van der Waals surface area (Å²) < 4.78 is 35.5. The SMILES string of the molecule is O=C(/C=C(\O)C(F)(F)F)c1ccncn1. The third-order valence-electron chi connectivity index (χ3n) is 1.39. The van der Waals surface area contributed by atoms with E-state index in [4.69, 9.17) is 5.11 Å². The smallest absolute Gasteiger partial charge is 0.448 e. The van der Waals surface area contributed by atoms with Crippen LogP contribution in [-0.2, 0) is 0 Å². The molecule has 0 atom stereocenters. The fourth-order valence-corrected chi connectivity index (χ4v) is 0.716. The van der Waals surface area contributed by atoms with Gasteiger partial charge >= 0.3 is 6.18 Å². The monoisotopic (exact) mass is 218 g/mol. The Morgan fingerprint density at radius 3 is 2.60 bits per heavy atom. The molecular formula is C8H5F3N2O2. The number of hydrogen-bond donors (Lipinski definition) is 1. The Kier molecular flexibility index (Phi) is 3.03. The van der Waals surface area contributed by atoms with Crippen LogP contribution in [0.2, 0.25) is 0 Å². The van der Waals surface area contributed by atoms with Gasteiger partial charge in [0.1, 0.15) is 12.0 Å². The first-order valence-electron chi connectivity index (χ1n) is 3.69. The van der Waals surface area contributed by atoms with E-state index >= 15 is 0 Å². The first-order chi connectivity index (χ1) is 6.91. The Morgan fingerprint density at radius 1 is 1.47 bits per heavy atom. The summed E-state index contributed by atoms with van der Waals surface area (Å²) in [6, 6.07) is 1.14. The first-order valence-corrected chi connectivity index (χ1v) is 3.69. The van der Waals surface area contributed by atoms with Crippen LogP contribution >= 0.6 is 0 Å². The number of rotatable bonds is 2. The molecule has 0 fully saturated rings. The van der Waals surface area contributed by atoms with Crippen LogP contribution in [-0.4, -0.2) is 27.0 Å². The number of aliphatic hydroxyl groups excluding tert-OH is 1. The molecule has 0 bridgehead atoms. The van der Waals surface area contributed by atoms with Gasteiger partial charge in [0.05, 0.1) is 0 Å². The number of aliphatic hydroxyl groups is 1. The van der Waals surface area contributed by atoms with Crippen LogP contribution in [0.15, 0.2) is 30.4 Å². The quantitative estimate of drug-likeness (QED) is 0.465. The zero-order valence-electron chi connectivity index (χ0n) is 7.19. The summed E-state index contributed by atoms with van der Waals surface area (Å²) in [5.41, 5.74) is -0.221. The number of carbonyl (C=O) groups excluding carboxylic acids is 1. The molecule has 0 aromatic carbocycles. The van der Waals surface area contributed by atoms with Gasteiger partial charge in [0.25, 0.3) is 0 Å². The molecule has 1 aromatic rings. The Labute approximate surface area is 82.1 Å². The molecule has 0 radical (unpaired) electrons. The van der Waals surface area contributed by atoms with Gasteiger partial charge in [-0.3, -0.25) is 4.79 Å². The third-order valence-corrected chi connectivity index (χ3v) is 1.39. The van der Waals surface area contributed by atoms with E-state index in [1.54, 1.807) is 0 Å². The van der Waals surface area contributed by atoms with Gasteiger partial charge in [-0.2, -0.15) is 13.2 Å². The zero-order valence-corrected chi connectivity index (χ0v) is 7.19. The molecule has 7 heteroatoms. The molecule has 0 amide bonds. The summed E-state index contributed by atoms with van der Waals surface area (Å²) in [4.78, 5) is 18.0. The molecule has 0 aliphatic heterocycles. The van der Waals surface area contributed by atoms with Crippen LogP contribution in [0.5, 0.6) is 0 Å². The fraction of sp³-hybridized carbons (Fsp3) is 0.125. The lowest BCUT2D eigenvalue weighted by Crippen LogP contribution is -2.13. The van der Waals surface area contributed by atoms with Gasteiger partial charge in [-0.25, -0.2) is 9.97 Å².